The molecule has 3 aliphatic rings. The number of nitrogens with zero attached hydrogens (tertiary/aromatic N) is 8. The van der Waals surface area contributed by atoms with Gasteiger partial charge in [-0.25, -0.2) is 55.7 Å². The number of aromatic nitrogens is 10. The summed E-state index contributed by atoms with van der Waals surface area (Å²) in [5.74, 6) is -1.85. The fraction of sp³-hybridized carbons (Fsp3) is 0.474. The van der Waals surface area contributed by atoms with E-state index >= 15 is 0 Å². The van der Waals surface area contributed by atoms with Crippen molar-refractivity contribution in [1.82, 2.24) is 48.3 Å². The molecule has 3 fully saturated rings. The summed E-state index contributed by atoms with van der Waals surface area (Å²) in [7, 11) is -25.6. The standard InChI is InChI=1S/C38H49N13O26P4S/c1-48-16-51(32-24(48)33(56)47-37(40)46-32)34-25(53)18(10-44-82(66,67)17-6-4-3-5-7-17)19(72-34)11-70-79(60,61)76-81(64,65)77-80(62,63)71-13-21-28(29(68-2)36(74-21)50-15-43-23-30(39)41-14-42-31(23)50)75-78(58,59)69-12-20-26(54)27(55)35(73-20)49-9-8-22(52)45-38(49)57/h3-9,14-16,18-21,25-29,34-36,44,53-55H,10-13H2,1-2H3,(H9-,39,40,41,42,45,46,47,52,56,57,58,59,60,61,62,63,64,65)/p+1/t18-,19-,20-,21-,25-,26-,27-,28-,29-,34-,35-,36-/m1/s1. The van der Waals surface area contributed by atoms with Gasteiger partial charge in [-0.2, -0.15) is 18.2 Å². The number of aromatic amines is 2. The molecule has 6 aromatic rings. The van der Waals surface area contributed by atoms with Crippen LogP contribution in [-0.4, -0.2) is 169 Å². The molecule has 0 amide bonds. The Kier molecular flexibility index (Phi) is 17.5. The predicted molar refractivity (Wildman–Crippen MR) is 267 cm³/mol. The van der Waals surface area contributed by atoms with Gasteiger partial charge in [0.25, 0.3) is 16.7 Å². The molecule has 448 valence electrons. The first kappa shape index (κ1) is 61.1. The topological polar surface area (TPSA) is 553 Å². The number of phosphoric acid groups is 4. The lowest BCUT2D eigenvalue weighted by molar-refractivity contribution is -0.646. The highest BCUT2D eigenvalue weighted by atomic mass is 32.2. The van der Waals surface area contributed by atoms with E-state index in [4.69, 9.17) is 48.5 Å². The summed E-state index contributed by atoms with van der Waals surface area (Å²) < 4.78 is 139. The van der Waals surface area contributed by atoms with Gasteiger partial charge in [-0.1, -0.05) is 18.2 Å². The molecule has 0 bridgehead atoms. The van der Waals surface area contributed by atoms with Crippen molar-refractivity contribution in [2.24, 2.45) is 13.0 Å². The zero-order chi connectivity index (χ0) is 59.4. The van der Waals surface area contributed by atoms with Crippen molar-refractivity contribution < 1.29 is 112 Å². The first-order valence-corrected chi connectivity index (χ1v) is 30.9. The number of methoxy groups -OCH3 is 1. The second-order valence-electron chi connectivity index (χ2n) is 18.0. The Morgan fingerprint density at radius 3 is 2.02 bits per heavy atom. The molecule has 14 N–H and O–H groups in total. The zero-order valence-corrected chi connectivity index (χ0v) is 46.2. The molecule has 39 nitrogen and oxygen atoms in total. The quantitative estimate of drug-likeness (QED) is 0.0217. The summed E-state index contributed by atoms with van der Waals surface area (Å²) >= 11 is 0. The fourth-order valence-electron chi connectivity index (χ4n) is 9.02. The summed E-state index contributed by atoms with van der Waals surface area (Å²) in [6.45, 7) is -4.15. The van der Waals surface area contributed by atoms with Crippen LogP contribution in [0.1, 0.15) is 18.7 Å². The Hall–Kier alpha value is -5.45. The number of nitrogens with one attached hydrogen (secondary N) is 3. The van der Waals surface area contributed by atoms with Gasteiger partial charge in [0.1, 0.15) is 54.6 Å². The van der Waals surface area contributed by atoms with E-state index in [2.05, 4.69) is 38.3 Å². The van der Waals surface area contributed by atoms with Crippen LogP contribution >= 0.6 is 31.3 Å². The number of aryl methyl sites for hydroxylation is 1. The average molecular weight is 1260 g/mol. The zero-order valence-electron chi connectivity index (χ0n) is 41.8. The van der Waals surface area contributed by atoms with E-state index in [1.54, 1.807) is 6.07 Å². The van der Waals surface area contributed by atoms with Crippen LogP contribution in [0.2, 0.25) is 0 Å². The fourth-order valence-corrected chi connectivity index (χ4v) is 14.6. The number of nitrogen functional groups attached to an aromatic ring is 2. The predicted octanol–water partition coefficient (Wildman–Crippen LogP) is -3.64. The van der Waals surface area contributed by atoms with Crippen molar-refractivity contribution in [1.29, 1.82) is 0 Å². The molecule has 0 saturated carbocycles. The van der Waals surface area contributed by atoms with Crippen molar-refractivity contribution in [2.45, 2.75) is 72.4 Å². The number of H-pyrrole nitrogens is 2. The maximum absolute atomic E-state index is 13.6. The van der Waals surface area contributed by atoms with Gasteiger partial charge in [0, 0.05) is 31.8 Å². The lowest BCUT2D eigenvalue weighted by atomic mass is 9.98. The Balaban J connectivity index is 0.885. The molecule has 0 aliphatic carbocycles. The third-order valence-corrected chi connectivity index (χ3v) is 19.4. The van der Waals surface area contributed by atoms with Crippen LogP contribution in [-0.2, 0) is 81.0 Å². The molecule has 3 saturated heterocycles. The number of imidazole rings is 2. The molecular weight excluding hydrogens is 1210 g/mol. The number of hydrogen-bond acceptors (Lipinski definition) is 28. The van der Waals surface area contributed by atoms with Crippen LogP contribution in [0.4, 0.5) is 11.8 Å². The molecule has 5 aromatic heterocycles. The van der Waals surface area contributed by atoms with Gasteiger partial charge in [0.15, 0.2) is 23.9 Å². The van der Waals surface area contributed by atoms with Crippen LogP contribution in [0, 0.1) is 5.92 Å². The molecule has 8 heterocycles. The highest BCUT2D eigenvalue weighted by Gasteiger charge is 2.54. The Bertz CT molecular complexity index is 3850. The van der Waals surface area contributed by atoms with E-state index in [1.165, 1.54) is 46.8 Å². The molecular formula is C38H50N13O26P4S+. The highest BCUT2D eigenvalue weighted by Crippen LogP contribution is 2.68. The smallest absolute Gasteiger partial charge is 0.387 e. The maximum Gasteiger partial charge on any atom is 0.490 e. The van der Waals surface area contributed by atoms with E-state index in [0.29, 0.717) is 0 Å². The maximum atomic E-state index is 13.6. The lowest BCUT2D eigenvalue weighted by Gasteiger charge is -2.26. The monoisotopic (exact) mass is 1260 g/mol. The molecule has 1 aromatic carbocycles. The number of nitrogens with two attached hydrogens (primary N) is 2. The summed E-state index contributed by atoms with van der Waals surface area (Å²) in [5, 5.41) is 33.0. The number of benzene rings is 1. The summed E-state index contributed by atoms with van der Waals surface area (Å²) in [6, 6.07) is 7.87. The first-order chi connectivity index (χ1) is 38.5. The van der Waals surface area contributed by atoms with Crippen molar-refractivity contribution >= 4 is 75.4 Å². The minimum Gasteiger partial charge on any atom is -0.387 e. The van der Waals surface area contributed by atoms with E-state index in [1.807, 2.05) is 4.98 Å². The first-order valence-electron chi connectivity index (χ1n) is 23.4. The molecule has 4 unspecified atom stereocenters. The number of aliphatic hydroxyl groups excluding tert-OH is 3. The summed E-state index contributed by atoms with van der Waals surface area (Å²) in [5.41, 5.74) is 8.99. The van der Waals surface area contributed by atoms with Gasteiger partial charge in [-0.3, -0.25) is 46.8 Å². The third-order valence-electron chi connectivity index (χ3n) is 12.7. The van der Waals surface area contributed by atoms with Gasteiger partial charge < -0.3 is 65.3 Å². The molecule has 44 heteroatoms. The minimum atomic E-state index is -6.30. The number of hydrogen-bond donors (Lipinski definition) is 12. The number of ether oxygens (including phenoxy) is 4. The normalized spacial score (nSPS) is 28.9. The molecule has 82 heavy (non-hydrogen) atoms. The Labute approximate surface area is 457 Å². The van der Waals surface area contributed by atoms with Gasteiger partial charge >= 0.3 is 42.5 Å². The largest absolute Gasteiger partial charge is 0.490 e. The van der Waals surface area contributed by atoms with Gasteiger partial charge in [0.2, 0.25) is 28.5 Å². The molecule has 16 atom stereocenters. The molecule has 0 spiro atoms. The summed E-state index contributed by atoms with van der Waals surface area (Å²) in [6.07, 6.45) is -14.4. The second kappa shape index (κ2) is 23.5. The Morgan fingerprint density at radius 1 is 0.732 bits per heavy atom. The van der Waals surface area contributed by atoms with Crippen LogP contribution < -0.4 is 37.6 Å². The lowest BCUT2D eigenvalue weighted by Crippen LogP contribution is -2.39. The molecule has 9 rings (SSSR count). The SMILES string of the molecule is CO[C@@H]1[C@H](OP(=O)(O)OC[C@H]2O[C@@H](n3ccc(=O)[nH]c3=O)[C@H](O)[C@@H]2O)[C@@H](COP(=O)(O)OP(=O)(O)OP(=O)(O)OC[C@H]2O[C@@H](n3c[n+](C)c4c(=O)[nH]c(N)nc43)[C@H](O)[C@@H]2CNS(=O)(=O)c2ccccc2)O[C@H]1n1cnc2c(N)ncnc21. The van der Waals surface area contributed by atoms with E-state index in [-0.39, 0.29) is 39.0 Å². The van der Waals surface area contributed by atoms with E-state index in [9.17, 15) is 76.0 Å². The van der Waals surface area contributed by atoms with Crippen LogP contribution in [0.5, 0.6) is 0 Å². The van der Waals surface area contributed by atoms with Crippen molar-refractivity contribution in [2.75, 3.05) is 44.9 Å². The number of anilines is 2. The van der Waals surface area contributed by atoms with Gasteiger partial charge in [0.05, 0.1) is 44.2 Å². The molecule has 0 radical (unpaired) electrons. The highest BCUT2D eigenvalue weighted by molar-refractivity contribution is 7.89. The summed E-state index contributed by atoms with van der Waals surface area (Å²) in [4.78, 5) is 99.9. The third kappa shape index (κ3) is 13.1. The number of phosphoric ester groups is 3. The van der Waals surface area contributed by atoms with Crippen molar-refractivity contribution in [3.05, 3.63) is 92.8 Å². The van der Waals surface area contributed by atoms with Crippen LogP contribution in [0.15, 0.2) is 80.9 Å². The van der Waals surface area contributed by atoms with E-state index < -0.39 is 158 Å². The number of sulfonamides is 1. The number of rotatable bonds is 23. The second-order valence-corrected chi connectivity index (χ2v) is 25.9. The average Bonchev–Trinajstić information content (AvgIpc) is 4.41. The van der Waals surface area contributed by atoms with Crippen LogP contribution in [0.3, 0.4) is 0 Å². The van der Waals surface area contributed by atoms with Crippen molar-refractivity contribution in [3.8, 4) is 0 Å². The van der Waals surface area contributed by atoms with Gasteiger partial charge in [-0.15, -0.1) is 0 Å². The minimum absolute atomic E-state index is 0.0151. The Morgan fingerprint density at radius 2 is 1.35 bits per heavy atom. The van der Waals surface area contributed by atoms with Crippen LogP contribution in [0.25, 0.3) is 22.3 Å². The van der Waals surface area contributed by atoms with E-state index in [0.717, 1.165) is 41.2 Å². The van der Waals surface area contributed by atoms with Gasteiger partial charge in [-0.05, 0) is 12.1 Å². The van der Waals surface area contributed by atoms with Crippen molar-refractivity contribution in [3.63, 3.8) is 0 Å². The number of fused-ring (bicyclic) bond motifs is 2. The number of aliphatic hydroxyl groups is 3. The molecule has 3 aliphatic heterocycles.